The Labute approximate surface area is 183 Å². The Bertz CT molecular complexity index is 658. The van der Waals surface area contributed by atoms with E-state index in [0.29, 0.717) is 51.4 Å². The third-order valence-corrected chi connectivity index (χ3v) is 4.32. The second-order valence-electron chi connectivity index (χ2n) is 6.13. The van der Waals surface area contributed by atoms with Gasteiger partial charge in [0.05, 0.1) is 6.61 Å². The number of rotatable bonds is 5. The van der Waals surface area contributed by atoms with E-state index in [0.717, 1.165) is 11.5 Å². The Morgan fingerprint density at radius 1 is 1.04 bits per heavy atom. The van der Waals surface area contributed by atoms with E-state index >= 15 is 0 Å². The molecule has 9 heteroatoms. The van der Waals surface area contributed by atoms with Crippen LogP contribution in [0, 0.1) is 0 Å². The van der Waals surface area contributed by atoms with Crippen molar-refractivity contribution in [2.45, 2.75) is 20.4 Å². The molecule has 1 aliphatic rings. The maximum absolute atomic E-state index is 11.8. The van der Waals surface area contributed by atoms with Crippen molar-refractivity contribution in [1.29, 1.82) is 0 Å². The molecule has 1 aromatic carbocycles. The summed E-state index contributed by atoms with van der Waals surface area (Å²) in [5.41, 5.74) is 1.72. The van der Waals surface area contributed by atoms with E-state index < -0.39 is 0 Å². The summed E-state index contributed by atoms with van der Waals surface area (Å²) in [5, 5.41) is 6.12. The van der Waals surface area contributed by atoms with Gasteiger partial charge in [0, 0.05) is 51.9 Å². The number of benzene rings is 1. The van der Waals surface area contributed by atoms with Gasteiger partial charge in [-0.1, -0.05) is 12.1 Å². The molecule has 0 saturated carbocycles. The van der Waals surface area contributed by atoms with Crippen molar-refractivity contribution in [1.82, 2.24) is 20.4 Å². The minimum atomic E-state index is -0.257. The summed E-state index contributed by atoms with van der Waals surface area (Å²) in [7, 11) is 1.75. The van der Waals surface area contributed by atoms with Crippen LogP contribution in [0.3, 0.4) is 0 Å². The quantitative estimate of drug-likeness (QED) is 0.364. The molecule has 156 valence electrons. The van der Waals surface area contributed by atoms with E-state index in [1.807, 2.05) is 38.1 Å². The number of guanidine groups is 1. The summed E-state index contributed by atoms with van der Waals surface area (Å²) in [5.74, 6) is 0.735. The number of carbonyl (C=O) groups excluding carboxylic acids is 2. The Morgan fingerprint density at radius 2 is 1.64 bits per heavy atom. The molecule has 1 heterocycles. The number of hydrogen-bond donors (Lipinski definition) is 2. The molecule has 0 aromatic heterocycles. The lowest BCUT2D eigenvalue weighted by Gasteiger charge is -2.35. The molecule has 1 saturated heterocycles. The molecule has 0 bridgehead atoms. The molecular formula is C19H30IN5O3. The number of nitrogens with zero attached hydrogens (tertiary/aromatic N) is 3. The first-order chi connectivity index (χ1) is 13.1. The van der Waals surface area contributed by atoms with Crippen LogP contribution in [0.5, 0.6) is 0 Å². The van der Waals surface area contributed by atoms with Gasteiger partial charge in [0.25, 0.3) is 5.91 Å². The molecule has 8 nitrogen and oxygen atoms in total. The number of piperazine rings is 1. The van der Waals surface area contributed by atoms with Crippen molar-refractivity contribution in [3.63, 3.8) is 0 Å². The smallest absolute Gasteiger partial charge is 0.409 e. The van der Waals surface area contributed by atoms with Crippen molar-refractivity contribution in [3.8, 4) is 0 Å². The zero-order valence-corrected chi connectivity index (χ0v) is 19.1. The van der Waals surface area contributed by atoms with Crippen LogP contribution in [0.4, 0.5) is 4.79 Å². The highest BCUT2D eigenvalue weighted by molar-refractivity contribution is 14.0. The topological polar surface area (TPSA) is 86.3 Å². The Morgan fingerprint density at radius 3 is 2.18 bits per heavy atom. The van der Waals surface area contributed by atoms with Crippen molar-refractivity contribution in [2.75, 3.05) is 46.4 Å². The predicted octanol–water partition coefficient (Wildman–Crippen LogP) is 1.90. The first kappa shape index (κ1) is 24.0. The third-order valence-electron chi connectivity index (χ3n) is 4.32. The fourth-order valence-electron chi connectivity index (χ4n) is 2.87. The predicted molar refractivity (Wildman–Crippen MR) is 120 cm³/mol. The van der Waals surface area contributed by atoms with Crippen LogP contribution in [0.1, 0.15) is 29.8 Å². The maximum atomic E-state index is 11.8. The number of carbonyl (C=O) groups is 2. The van der Waals surface area contributed by atoms with Crippen LogP contribution < -0.4 is 10.6 Å². The fourth-order valence-corrected chi connectivity index (χ4v) is 2.87. The Hall–Kier alpha value is -2.04. The monoisotopic (exact) mass is 503 g/mol. The van der Waals surface area contributed by atoms with E-state index in [1.54, 1.807) is 11.9 Å². The second-order valence-corrected chi connectivity index (χ2v) is 6.13. The molecule has 1 aliphatic heterocycles. The number of ether oxygens (including phenoxy) is 1. The van der Waals surface area contributed by atoms with Gasteiger partial charge in [-0.2, -0.15) is 0 Å². The van der Waals surface area contributed by atoms with Gasteiger partial charge < -0.3 is 25.2 Å². The molecule has 0 spiro atoms. The van der Waals surface area contributed by atoms with Crippen LogP contribution in [0.15, 0.2) is 29.3 Å². The van der Waals surface area contributed by atoms with E-state index in [9.17, 15) is 9.59 Å². The highest BCUT2D eigenvalue weighted by atomic mass is 127. The zero-order valence-electron chi connectivity index (χ0n) is 16.7. The summed E-state index contributed by atoms with van der Waals surface area (Å²) in [6.45, 7) is 7.95. The second kappa shape index (κ2) is 12.4. The minimum Gasteiger partial charge on any atom is -0.450 e. The molecular weight excluding hydrogens is 473 g/mol. The van der Waals surface area contributed by atoms with Gasteiger partial charge in [0.2, 0.25) is 0 Å². The van der Waals surface area contributed by atoms with Gasteiger partial charge in [-0.3, -0.25) is 9.79 Å². The van der Waals surface area contributed by atoms with E-state index in [4.69, 9.17) is 4.74 Å². The van der Waals surface area contributed by atoms with Gasteiger partial charge in [0.1, 0.15) is 0 Å². The number of halogens is 1. The standard InChI is InChI=1S/C19H29N5O3.HI/c1-4-21-17(25)16-8-6-15(7-9-16)14-22-18(20-3)23-10-12-24(13-11-23)19(26)27-5-2;/h6-9H,4-5,10-14H2,1-3H3,(H,20,22)(H,21,25);1H. The van der Waals surface area contributed by atoms with E-state index in [2.05, 4.69) is 20.5 Å². The molecule has 2 amide bonds. The largest absolute Gasteiger partial charge is 0.450 e. The average molecular weight is 503 g/mol. The summed E-state index contributed by atoms with van der Waals surface area (Å²) in [4.78, 5) is 31.8. The number of nitrogens with one attached hydrogen (secondary N) is 2. The summed E-state index contributed by atoms with van der Waals surface area (Å²) < 4.78 is 5.04. The lowest BCUT2D eigenvalue weighted by Crippen LogP contribution is -2.53. The van der Waals surface area contributed by atoms with Crippen LogP contribution >= 0.6 is 24.0 Å². The molecule has 0 aliphatic carbocycles. The van der Waals surface area contributed by atoms with Crippen molar-refractivity contribution in [3.05, 3.63) is 35.4 Å². The molecule has 2 N–H and O–H groups in total. The number of aliphatic imine (C=N–C) groups is 1. The highest BCUT2D eigenvalue weighted by Crippen LogP contribution is 2.07. The van der Waals surface area contributed by atoms with Gasteiger partial charge in [-0.05, 0) is 31.5 Å². The third kappa shape index (κ3) is 6.84. The van der Waals surface area contributed by atoms with Gasteiger partial charge in [-0.25, -0.2) is 4.79 Å². The number of hydrogen-bond acceptors (Lipinski definition) is 4. The normalized spacial score (nSPS) is 14.2. The fraction of sp³-hybridized carbons (Fsp3) is 0.526. The Balaban J connectivity index is 0.00000392. The Kier molecular flexibility index (Phi) is 10.6. The number of amides is 2. The zero-order chi connectivity index (χ0) is 19.6. The highest BCUT2D eigenvalue weighted by Gasteiger charge is 2.23. The first-order valence-corrected chi connectivity index (χ1v) is 9.33. The summed E-state index contributed by atoms with van der Waals surface area (Å²) in [6.07, 6.45) is -0.257. The average Bonchev–Trinajstić information content (AvgIpc) is 2.70. The molecule has 28 heavy (non-hydrogen) atoms. The lowest BCUT2D eigenvalue weighted by molar-refractivity contribution is 0.0913. The molecule has 0 unspecified atom stereocenters. The lowest BCUT2D eigenvalue weighted by atomic mass is 10.1. The van der Waals surface area contributed by atoms with Crippen molar-refractivity contribution < 1.29 is 14.3 Å². The first-order valence-electron chi connectivity index (χ1n) is 9.33. The van der Waals surface area contributed by atoms with E-state index in [1.165, 1.54) is 0 Å². The molecule has 2 rings (SSSR count). The van der Waals surface area contributed by atoms with Crippen molar-refractivity contribution >= 4 is 41.9 Å². The van der Waals surface area contributed by atoms with Gasteiger partial charge in [0.15, 0.2) is 5.96 Å². The molecule has 1 fully saturated rings. The minimum absolute atomic E-state index is 0. The van der Waals surface area contributed by atoms with E-state index in [-0.39, 0.29) is 36.0 Å². The van der Waals surface area contributed by atoms with Gasteiger partial charge >= 0.3 is 6.09 Å². The molecule has 0 atom stereocenters. The van der Waals surface area contributed by atoms with Crippen LogP contribution in [0.25, 0.3) is 0 Å². The SMILES string of the molecule is CCNC(=O)c1ccc(CNC(=NC)N2CCN(C(=O)OCC)CC2)cc1.I. The van der Waals surface area contributed by atoms with Crippen molar-refractivity contribution in [2.24, 2.45) is 4.99 Å². The summed E-state index contributed by atoms with van der Waals surface area (Å²) >= 11 is 0. The van der Waals surface area contributed by atoms with Crippen LogP contribution in [-0.4, -0.2) is 74.1 Å². The molecule has 0 radical (unpaired) electrons. The van der Waals surface area contributed by atoms with Gasteiger partial charge in [-0.15, -0.1) is 24.0 Å². The van der Waals surface area contributed by atoms with Crippen LogP contribution in [-0.2, 0) is 11.3 Å². The summed E-state index contributed by atoms with van der Waals surface area (Å²) in [6, 6.07) is 7.51. The maximum Gasteiger partial charge on any atom is 0.409 e. The molecule has 1 aromatic rings. The van der Waals surface area contributed by atoms with Crippen LogP contribution in [0.2, 0.25) is 0 Å².